The van der Waals surface area contributed by atoms with Crippen molar-refractivity contribution in [2.45, 2.75) is 26.4 Å². The summed E-state index contributed by atoms with van der Waals surface area (Å²) in [6.45, 7) is 4.21. The lowest BCUT2D eigenvalue weighted by Crippen LogP contribution is -2.27. The number of nitrogens with one attached hydrogen (secondary N) is 2. The number of hydrogen-bond donors (Lipinski definition) is 3. The van der Waals surface area contributed by atoms with E-state index in [2.05, 4.69) is 22.8 Å². The molecule has 0 radical (unpaired) electrons. The molecule has 0 spiro atoms. The Labute approximate surface area is 179 Å². The SMILES string of the molecule is Cc1cc2c(C(=O)O)cccc2n1-c1nc2c(c(NCc3ccccc3)n1)CNCC2. The van der Waals surface area contributed by atoms with E-state index in [1.807, 2.05) is 41.8 Å². The molecule has 31 heavy (non-hydrogen) atoms. The highest BCUT2D eigenvalue weighted by molar-refractivity contribution is 6.03. The maximum absolute atomic E-state index is 11.7. The van der Waals surface area contributed by atoms with Crippen molar-refractivity contribution in [3.8, 4) is 5.95 Å². The van der Waals surface area contributed by atoms with Crippen molar-refractivity contribution in [1.29, 1.82) is 0 Å². The summed E-state index contributed by atoms with van der Waals surface area (Å²) in [5.41, 5.74) is 5.26. The van der Waals surface area contributed by atoms with Gasteiger partial charge in [-0.1, -0.05) is 36.4 Å². The van der Waals surface area contributed by atoms with Gasteiger partial charge in [0.15, 0.2) is 0 Å². The Kier molecular flexibility index (Phi) is 4.88. The van der Waals surface area contributed by atoms with E-state index in [0.29, 0.717) is 17.9 Å². The third-order valence-corrected chi connectivity index (χ3v) is 5.68. The molecule has 3 heterocycles. The molecule has 4 aromatic rings. The number of carboxylic acid groups (broad SMARTS) is 1. The van der Waals surface area contributed by atoms with Gasteiger partial charge in [0.2, 0.25) is 5.95 Å². The predicted octanol–water partition coefficient (Wildman–Crippen LogP) is 3.68. The zero-order valence-corrected chi connectivity index (χ0v) is 17.2. The number of carboxylic acids is 1. The second-order valence-corrected chi connectivity index (χ2v) is 7.73. The fraction of sp³-hybridized carbons (Fsp3) is 0.208. The zero-order valence-electron chi connectivity index (χ0n) is 17.2. The molecule has 7 nitrogen and oxygen atoms in total. The number of benzene rings is 2. The highest BCUT2D eigenvalue weighted by Gasteiger charge is 2.21. The molecule has 1 aliphatic rings. The zero-order chi connectivity index (χ0) is 21.4. The van der Waals surface area contributed by atoms with Crippen LogP contribution in [0.25, 0.3) is 16.9 Å². The third-order valence-electron chi connectivity index (χ3n) is 5.68. The molecule has 0 saturated carbocycles. The van der Waals surface area contributed by atoms with Gasteiger partial charge in [-0.2, -0.15) is 4.98 Å². The van der Waals surface area contributed by atoms with Crippen LogP contribution >= 0.6 is 0 Å². The van der Waals surface area contributed by atoms with Gasteiger partial charge in [-0.05, 0) is 30.7 Å². The van der Waals surface area contributed by atoms with Crippen LogP contribution in [0.5, 0.6) is 0 Å². The molecule has 0 atom stereocenters. The maximum atomic E-state index is 11.7. The van der Waals surface area contributed by atoms with Gasteiger partial charge in [0, 0.05) is 42.7 Å². The summed E-state index contributed by atoms with van der Waals surface area (Å²) in [6, 6.07) is 17.4. The van der Waals surface area contributed by atoms with Crippen LogP contribution in [0.4, 0.5) is 5.82 Å². The lowest BCUT2D eigenvalue weighted by Gasteiger charge is -2.21. The van der Waals surface area contributed by atoms with Crippen molar-refractivity contribution in [2.24, 2.45) is 0 Å². The van der Waals surface area contributed by atoms with Gasteiger partial charge in [-0.3, -0.25) is 4.57 Å². The summed E-state index contributed by atoms with van der Waals surface area (Å²) in [5, 5.41) is 17.2. The Morgan fingerprint density at radius 3 is 2.81 bits per heavy atom. The minimum absolute atomic E-state index is 0.281. The van der Waals surface area contributed by atoms with Crippen LogP contribution in [0.3, 0.4) is 0 Å². The van der Waals surface area contributed by atoms with E-state index in [9.17, 15) is 9.90 Å². The van der Waals surface area contributed by atoms with Crippen LogP contribution < -0.4 is 10.6 Å². The fourth-order valence-corrected chi connectivity index (χ4v) is 4.17. The summed E-state index contributed by atoms with van der Waals surface area (Å²) in [7, 11) is 0. The largest absolute Gasteiger partial charge is 0.478 e. The fourth-order valence-electron chi connectivity index (χ4n) is 4.17. The highest BCUT2D eigenvalue weighted by Crippen LogP contribution is 2.28. The number of aromatic nitrogens is 3. The van der Waals surface area contributed by atoms with Gasteiger partial charge in [-0.15, -0.1) is 0 Å². The Balaban J connectivity index is 1.62. The lowest BCUT2D eigenvalue weighted by atomic mass is 10.1. The first kappa shape index (κ1) is 19.3. The molecule has 0 saturated heterocycles. The predicted molar refractivity (Wildman–Crippen MR) is 120 cm³/mol. The Bertz CT molecular complexity index is 1280. The number of aromatic carboxylic acids is 1. The number of rotatable bonds is 5. The molecule has 2 aromatic carbocycles. The first-order chi connectivity index (χ1) is 15.1. The number of hydrogen-bond acceptors (Lipinski definition) is 5. The molecule has 156 valence electrons. The molecule has 2 aromatic heterocycles. The molecular weight excluding hydrogens is 390 g/mol. The quantitative estimate of drug-likeness (QED) is 0.462. The average molecular weight is 413 g/mol. The second kappa shape index (κ2) is 7.85. The van der Waals surface area contributed by atoms with E-state index in [0.717, 1.165) is 47.8 Å². The van der Waals surface area contributed by atoms with Crippen LogP contribution in [0.2, 0.25) is 0 Å². The van der Waals surface area contributed by atoms with Crippen LogP contribution in [0.15, 0.2) is 54.6 Å². The smallest absolute Gasteiger partial charge is 0.336 e. The Hall–Kier alpha value is -3.71. The van der Waals surface area contributed by atoms with Crippen molar-refractivity contribution in [3.63, 3.8) is 0 Å². The normalized spacial score (nSPS) is 13.2. The van der Waals surface area contributed by atoms with E-state index in [-0.39, 0.29) is 5.56 Å². The van der Waals surface area contributed by atoms with Crippen molar-refractivity contribution >= 4 is 22.7 Å². The van der Waals surface area contributed by atoms with Gasteiger partial charge in [0.1, 0.15) is 5.82 Å². The summed E-state index contributed by atoms with van der Waals surface area (Å²) < 4.78 is 1.94. The first-order valence-corrected chi connectivity index (χ1v) is 10.3. The van der Waals surface area contributed by atoms with Crippen LogP contribution in [0, 0.1) is 6.92 Å². The first-order valence-electron chi connectivity index (χ1n) is 10.3. The molecular formula is C24H23N5O2. The van der Waals surface area contributed by atoms with Crippen LogP contribution in [-0.4, -0.2) is 32.2 Å². The van der Waals surface area contributed by atoms with Crippen molar-refractivity contribution in [3.05, 3.63) is 82.7 Å². The second-order valence-electron chi connectivity index (χ2n) is 7.73. The lowest BCUT2D eigenvalue weighted by molar-refractivity contribution is 0.0699. The maximum Gasteiger partial charge on any atom is 0.336 e. The minimum atomic E-state index is -0.939. The van der Waals surface area contributed by atoms with E-state index < -0.39 is 5.97 Å². The van der Waals surface area contributed by atoms with Gasteiger partial charge >= 0.3 is 5.97 Å². The summed E-state index contributed by atoms with van der Waals surface area (Å²) in [4.78, 5) is 21.4. The number of nitrogens with zero attached hydrogens (tertiary/aromatic N) is 3. The molecule has 0 aliphatic carbocycles. The summed E-state index contributed by atoms with van der Waals surface area (Å²) in [6.07, 6.45) is 0.823. The van der Waals surface area contributed by atoms with Crippen molar-refractivity contribution < 1.29 is 9.90 Å². The van der Waals surface area contributed by atoms with Gasteiger partial charge in [-0.25, -0.2) is 9.78 Å². The summed E-state index contributed by atoms with van der Waals surface area (Å²) >= 11 is 0. The van der Waals surface area contributed by atoms with E-state index >= 15 is 0 Å². The number of fused-ring (bicyclic) bond motifs is 2. The Morgan fingerprint density at radius 2 is 2.00 bits per heavy atom. The molecule has 0 fully saturated rings. The topological polar surface area (TPSA) is 92.1 Å². The van der Waals surface area contributed by atoms with E-state index in [1.54, 1.807) is 12.1 Å². The molecule has 3 N–H and O–H groups in total. The molecule has 0 unspecified atom stereocenters. The molecule has 5 rings (SSSR count). The van der Waals surface area contributed by atoms with E-state index in [4.69, 9.17) is 9.97 Å². The highest BCUT2D eigenvalue weighted by atomic mass is 16.4. The Morgan fingerprint density at radius 1 is 1.16 bits per heavy atom. The van der Waals surface area contributed by atoms with Crippen molar-refractivity contribution in [2.75, 3.05) is 11.9 Å². The van der Waals surface area contributed by atoms with Gasteiger partial charge in [0.05, 0.1) is 16.8 Å². The van der Waals surface area contributed by atoms with Gasteiger partial charge in [0.25, 0.3) is 0 Å². The monoisotopic (exact) mass is 413 g/mol. The minimum Gasteiger partial charge on any atom is -0.478 e. The molecule has 0 amide bonds. The molecule has 7 heteroatoms. The standard InChI is InChI=1S/C24H23N5O2/c1-15-12-18-17(23(30)31)8-5-9-21(18)29(15)24-27-20-10-11-25-14-19(20)22(28-24)26-13-16-6-3-2-4-7-16/h2-9,12,25H,10-11,13-14H2,1H3,(H,30,31)(H,26,27,28). The average Bonchev–Trinajstić information content (AvgIpc) is 3.13. The van der Waals surface area contributed by atoms with Crippen LogP contribution in [0.1, 0.15) is 32.9 Å². The van der Waals surface area contributed by atoms with Crippen LogP contribution in [-0.2, 0) is 19.5 Å². The number of anilines is 1. The number of carbonyl (C=O) groups is 1. The van der Waals surface area contributed by atoms with E-state index in [1.165, 1.54) is 5.56 Å². The van der Waals surface area contributed by atoms with Gasteiger partial charge < -0.3 is 15.7 Å². The third kappa shape index (κ3) is 3.53. The number of aryl methyl sites for hydroxylation is 1. The van der Waals surface area contributed by atoms with Crippen molar-refractivity contribution in [1.82, 2.24) is 19.9 Å². The summed E-state index contributed by atoms with van der Waals surface area (Å²) in [5.74, 6) is 0.434. The molecule has 1 aliphatic heterocycles. The molecule has 0 bridgehead atoms.